The first kappa shape index (κ1) is 20.9. The highest BCUT2D eigenvalue weighted by Gasteiger charge is 2.15. The number of benzene rings is 2. The van der Waals surface area contributed by atoms with E-state index in [9.17, 15) is 19.5 Å². The topological polar surface area (TPSA) is 140 Å². The Kier molecular flexibility index (Phi) is 6.66. The summed E-state index contributed by atoms with van der Waals surface area (Å²) in [6, 6.07) is 11.3. The van der Waals surface area contributed by atoms with Gasteiger partial charge in [0.1, 0.15) is 0 Å². The molecule has 1 atom stereocenters. The third-order valence-corrected chi connectivity index (χ3v) is 4.46. The fourth-order valence-corrected chi connectivity index (χ4v) is 2.99. The molecule has 1 heterocycles. The van der Waals surface area contributed by atoms with Crippen molar-refractivity contribution in [2.24, 2.45) is 0 Å². The number of nitrogens with one attached hydrogen (secondary N) is 4. The molecule has 9 nitrogen and oxygen atoms in total. The van der Waals surface area contributed by atoms with Crippen LogP contribution in [-0.2, 0) is 11.2 Å². The number of aliphatic carboxylic acids is 1. The molecule has 1 unspecified atom stereocenters. The summed E-state index contributed by atoms with van der Waals surface area (Å²) in [5.41, 5.74) is 1.81. The summed E-state index contributed by atoms with van der Waals surface area (Å²) in [4.78, 5) is 34.9. The van der Waals surface area contributed by atoms with Gasteiger partial charge < -0.3 is 26.2 Å². The zero-order chi connectivity index (χ0) is 21.5. The number of aryl methyl sites for hydroxylation is 1. The minimum atomic E-state index is -1.18. The lowest BCUT2D eigenvalue weighted by Crippen LogP contribution is -2.48. The van der Waals surface area contributed by atoms with Crippen molar-refractivity contribution in [1.82, 2.24) is 10.6 Å². The van der Waals surface area contributed by atoms with Gasteiger partial charge in [-0.15, -0.1) is 0 Å². The van der Waals surface area contributed by atoms with Crippen LogP contribution in [0, 0.1) is 0 Å². The van der Waals surface area contributed by atoms with Gasteiger partial charge in [-0.25, -0.2) is 4.79 Å². The lowest BCUT2D eigenvalue weighted by Gasteiger charge is -2.24. The van der Waals surface area contributed by atoms with Crippen molar-refractivity contribution >= 4 is 29.2 Å². The van der Waals surface area contributed by atoms with Gasteiger partial charge >= 0.3 is 11.9 Å². The molecule has 0 spiro atoms. The minimum Gasteiger partial charge on any atom is -0.481 e. The second kappa shape index (κ2) is 9.57. The quantitative estimate of drug-likeness (QED) is 0.389. The Bertz CT molecular complexity index is 989. The van der Waals surface area contributed by atoms with Gasteiger partial charge in [0.25, 0.3) is 5.91 Å². The van der Waals surface area contributed by atoms with Crippen LogP contribution in [0.5, 0.6) is 0 Å². The number of rotatable bonds is 8. The number of aromatic carboxylic acids is 1. The molecule has 1 aliphatic rings. The number of carboxylic acid groups (broad SMARTS) is 2. The number of hydrogen-bond donors (Lipinski definition) is 6. The largest absolute Gasteiger partial charge is 0.481 e. The highest BCUT2D eigenvalue weighted by Crippen LogP contribution is 2.19. The van der Waals surface area contributed by atoms with Crippen LogP contribution in [0.1, 0.15) is 32.7 Å². The summed E-state index contributed by atoms with van der Waals surface area (Å²) >= 11 is 0. The lowest BCUT2D eigenvalue weighted by molar-refractivity contribution is -0.136. The molecule has 2 aromatic carbocycles. The number of carbonyl (C=O) groups is 3. The van der Waals surface area contributed by atoms with E-state index in [0.29, 0.717) is 16.8 Å². The Morgan fingerprint density at radius 2 is 1.90 bits per heavy atom. The van der Waals surface area contributed by atoms with Crippen LogP contribution in [0.2, 0.25) is 0 Å². The summed E-state index contributed by atoms with van der Waals surface area (Å²) in [7, 11) is 0. The fourth-order valence-electron chi connectivity index (χ4n) is 2.99. The molecule has 2 aromatic rings. The van der Waals surface area contributed by atoms with Crippen molar-refractivity contribution in [3.63, 3.8) is 0 Å². The molecule has 3 rings (SSSR count). The Hall–Kier alpha value is -3.85. The number of carboxylic acids is 2. The molecule has 0 fully saturated rings. The van der Waals surface area contributed by atoms with Crippen LogP contribution >= 0.6 is 0 Å². The zero-order valence-corrected chi connectivity index (χ0v) is 16.0. The molecular formula is C21H22N4O5. The van der Waals surface area contributed by atoms with Crippen molar-refractivity contribution in [1.29, 1.82) is 0 Å². The predicted octanol–water partition coefficient (Wildman–Crippen LogP) is 2.06. The summed E-state index contributed by atoms with van der Waals surface area (Å²) in [5, 5.41) is 30.4. The van der Waals surface area contributed by atoms with Gasteiger partial charge in [0, 0.05) is 29.9 Å². The van der Waals surface area contributed by atoms with Crippen LogP contribution in [0.4, 0.5) is 11.4 Å². The van der Waals surface area contributed by atoms with Crippen LogP contribution < -0.4 is 21.3 Å². The monoisotopic (exact) mass is 410 g/mol. The maximum atomic E-state index is 12.6. The van der Waals surface area contributed by atoms with E-state index in [1.165, 1.54) is 12.1 Å². The first-order chi connectivity index (χ1) is 14.4. The van der Waals surface area contributed by atoms with Crippen molar-refractivity contribution < 1.29 is 24.6 Å². The minimum absolute atomic E-state index is 0.0352. The van der Waals surface area contributed by atoms with E-state index >= 15 is 0 Å². The van der Waals surface area contributed by atoms with Gasteiger partial charge in [0.2, 0.25) is 0 Å². The Labute approximate surface area is 172 Å². The summed E-state index contributed by atoms with van der Waals surface area (Å²) < 4.78 is 0. The van der Waals surface area contributed by atoms with Crippen molar-refractivity contribution in [2.75, 3.05) is 17.2 Å². The number of amides is 1. The third-order valence-electron chi connectivity index (χ3n) is 4.46. The molecule has 1 amide bonds. The summed E-state index contributed by atoms with van der Waals surface area (Å²) in [6.07, 6.45) is 3.54. The number of carbonyl (C=O) groups excluding carboxylic acids is 1. The van der Waals surface area contributed by atoms with E-state index in [4.69, 9.17) is 5.11 Å². The zero-order valence-electron chi connectivity index (χ0n) is 16.0. The smallest absolute Gasteiger partial charge is 0.336 e. The maximum Gasteiger partial charge on any atom is 0.336 e. The van der Waals surface area contributed by atoms with E-state index < -0.39 is 17.8 Å². The van der Waals surface area contributed by atoms with Gasteiger partial charge in [-0.3, -0.25) is 14.9 Å². The van der Waals surface area contributed by atoms with Crippen LogP contribution in [-0.4, -0.2) is 40.9 Å². The Morgan fingerprint density at radius 1 is 1.07 bits per heavy atom. The average Bonchev–Trinajstić information content (AvgIpc) is 2.73. The fraction of sp³-hybridized carbons (Fsp3) is 0.190. The van der Waals surface area contributed by atoms with Crippen LogP contribution in [0.25, 0.3) is 0 Å². The first-order valence-electron chi connectivity index (χ1n) is 9.33. The van der Waals surface area contributed by atoms with Gasteiger partial charge in [0.15, 0.2) is 6.29 Å². The van der Waals surface area contributed by atoms with E-state index in [1.54, 1.807) is 24.3 Å². The van der Waals surface area contributed by atoms with Crippen molar-refractivity contribution in [2.45, 2.75) is 19.1 Å². The highest BCUT2D eigenvalue weighted by molar-refractivity contribution is 6.05. The highest BCUT2D eigenvalue weighted by atomic mass is 16.4. The van der Waals surface area contributed by atoms with Gasteiger partial charge in [-0.05, 0) is 48.5 Å². The Balaban J connectivity index is 1.71. The van der Waals surface area contributed by atoms with Crippen LogP contribution in [0.3, 0.4) is 0 Å². The molecular weight excluding hydrogens is 388 g/mol. The summed E-state index contributed by atoms with van der Waals surface area (Å²) in [6.45, 7) is 0.721. The molecule has 6 N–H and O–H groups in total. The average molecular weight is 410 g/mol. The van der Waals surface area contributed by atoms with Crippen molar-refractivity contribution in [3.8, 4) is 0 Å². The molecule has 0 radical (unpaired) electrons. The molecule has 0 saturated carbocycles. The predicted molar refractivity (Wildman–Crippen MR) is 111 cm³/mol. The van der Waals surface area contributed by atoms with E-state index in [2.05, 4.69) is 21.3 Å². The molecule has 0 saturated heterocycles. The van der Waals surface area contributed by atoms with Gasteiger partial charge in [-0.2, -0.15) is 0 Å². The van der Waals surface area contributed by atoms with Gasteiger partial charge in [0.05, 0.1) is 5.56 Å². The lowest BCUT2D eigenvalue weighted by atomic mass is 10.0. The Morgan fingerprint density at radius 3 is 2.60 bits per heavy atom. The standard InChI is InChI=1S/C21H22N4O5/c26-18(27)8-6-13-5-7-16(12-17(13)20(29)30)24-19(28)14-3-1-4-15(11-14)25-21-22-9-2-10-23-21/h1-5,7,9,11-12,21-23,25H,6,8,10H2,(H,24,28)(H,26,27)(H,29,30). The molecule has 1 aliphatic heterocycles. The van der Waals surface area contributed by atoms with Crippen molar-refractivity contribution in [3.05, 3.63) is 71.4 Å². The van der Waals surface area contributed by atoms with Gasteiger partial charge in [-0.1, -0.05) is 18.2 Å². The third kappa shape index (κ3) is 5.58. The molecule has 156 valence electrons. The van der Waals surface area contributed by atoms with E-state index in [1.807, 2.05) is 18.3 Å². The molecule has 0 bridgehead atoms. The van der Waals surface area contributed by atoms with E-state index in [0.717, 1.165) is 12.2 Å². The number of hydrogen-bond acceptors (Lipinski definition) is 6. The molecule has 9 heteroatoms. The van der Waals surface area contributed by atoms with Crippen LogP contribution in [0.15, 0.2) is 54.7 Å². The molecule has 30 heavy (non-hydrogen) atoms. The second-order valence-corrected chi connectivity index (χ2v) is 6.66. The SMILES string of the molecule is O=C(O)CCc1ccc(NC(=O)c2cccc(NC3NC=CCN3)c2)cc1C(=O)O. The summed E-state index contributed by atoms with van der Waals surface area (Å²) in [5.74, 6) is -2.58. The molecule has 0 aromatic heterocycles. The normalized spacial score (nSPS) is 15.1. The molecule has 0 aliphatic carbocycles. The maximum absolute atomic E-state index is 12.6. The number of anilines is 2. The van der Waals surface area contributed by atoms with E-state index in [-0.39, 0.29) is 24.7 Å². The first-order valence-corrected chi connectivity index (χ1v) is 9.33. The second-order valence-electron chi connectivity index (χ2n) is 6.66.